The molecule has 0 bridgehead atoms. The molecule has 1 saturated heterocycles. The number of rotatable bonds is 7. The number of carbonyl (C=O) groups is 1. The van der Waals surface area contributed by atoms with Crippen LogP contribution < -0.4 is 4.90 Å². The van der Waals surface area contributed by atoms with Crippen molar-refractivity contribution < 1.29 is 9.18 Å². The molecule has 2 aromatic carbocycles. The summed E-state index contributed by atoms with van der Waals surface area (Å²) >= 11 is 13.2. The SMILES string of the molecule is C[C@@H]1C[C@H](Cc2ccccc2F)CN(c2c(Cl)cc(C#CCN(C)CCN(C)C)cc2Cl)C1=O. The Balaban J connectivity index is 1.76. The Morgan fingerprint density at radius 1 is 1.12 bits per heavy atom. The quantitative estimate of drug-likeness (QED) is 0.485. The largest absolute Gasteiger partial charge is 0.309 e. The third kappa shape index (κ3) is 6.96. The minimum atomic E-state index is -0.218. The molecular formula is C27H32Cl2FN3O. The molecule has 7 heteroatoms. The van der Waals surface area contributed by atoms with Crippen LogP contribution in [0.5, 0.6) is 0 Å². The van der Waals surface area contributed by atoms with Gasteiger partial charge in [-0.15, -0.1) is 0 Å². The van der Waals surface area contributed by atoms with Crippen LogP contribution in [0.4, 0.5) is 10.1 Å². The highest BCUT2D eigenvalue weighted by Crippen LogP contribution is 2.39. The van der Waals surface area contributed by atoms with E-state index in [1.54, 1.807) is 29.2 Å². The lowest BCUT2D eigenvalue weighted by Crippen LogP contribution is -2.45. The van der Waals surface area contributed by atoms with Crippen molar-refractivity contribution in [2.24, 2.45) is 11.8 Å². The standard InChI is InChI=1S/C27H32Cl2FN3O/c1-19-14-21(15-22-9-5-6-10-25(22)30)18-33(27(19)34)26-23(28)16-20(17-24(26)29)8-7-11-32(4)13-12-31(2)3/h5-6,9-10,16-17,19,21H,11-15,18H2,1-4H3/t19-,21-/m1/s1. The van der Waals surface area contributed by atoms with Gasteiger partial charge in [-0.05, 0) is 63.7 Å². The van der Waals surface area contributed by atoms with E-state index < -0.39 is 0 Å². The molecule has 1 aliphatic heterocycles. The van der Waals surface area contributed by atoms with Gasteiger partial charge >= 0.3 is 0 Å². The topological polar surface area (TPSA) is 26.8 Å². The van der Waals surface area contributed by atoms with E-state index in [-0.39, 0.29) is 23.6 Å². The zero-order chi connectivity index (χ0) is 24.8. The molecule has 0 aliphatic carbocycles. The van der Waals surface area contributed by atoms with Gasteiger partial charge in [-0.25, -0.2) is 4.39 Å². The van der Waals surface area contributed by atoms with E-state index in [1.807, 2.05) is 34.1 Å². The normalized spacial score (nSPS) is 18.4. The van der Waals surface area contributed by atoms with Gasteiger partial charge in [0.2, 0.25) is 5.91 Å². The molecule has 3 rings (SSSR count). The van der Waals surface area contributed by atoms with Crippen LogP contribution in [-0.4, -0.2) is 63.0 Å². The average molecular weight is 504 g/mol. The van der Waals surface area contributed by atoms with E-state index in [0.29, 0.717) is 52.8 Å². The predicted octanol–water partition coefficient (Wildman–Crippen LogP) is 5.21. The number of benzene rings is 2. The maximum atomic E-state index is 14.2. The maximum absolute atomic E-state index is 14.2. The van der Waals surface area contributed by atoms with E-state index >= 15 is 0 Å². The van der Waals surface area contributed by atoms with Crippen molar-refractivity contribution >= 4 is 34.8 Å². The Bertz CT molecular complexity index is 1060. The van der Waals surface area contributed by atoms with E-state index in [0.717, 1.165) is 13.1 Å². The zero-order valence-corrected chi connectivity index (χ0v) is 21.8. The Hall–Kier alpha value is -2.10. The molecule has 1 amide bonds. The van der Waals surface area contributed by atoms with Crippen LogP contribution in [0.3, 0.4) is 0 Å². The van der Waals surface area contributed by atoms with Crippen LogP contribution in [-0.2, 0) is 11.2 Å². The van der Waals surface area contributed by atoms with Gasteiger partial charge in [0.1, 0.15) is 5.82 Å². The summed E-state index contributed by atoms with van der Waals surface area (Å²) in [6, 6.07) is 10.3. The summed E-state index contributed by atoms with van der Waals surface area (Å²) in [6.07, 6.45) is 1.25. The van der Waals surface area contributed by atoms with Gasteiger partial charge in [-0.1, -0.05) is 60.2 Å². The molecule has 0 unspecified atom stereocenters. The van der Waals surface area contributed by atoms with Crippen LogP contribution in [0.1, 0.15) is 24.5 Å². The first-order valence-corrected chi connectivity index (χ1v) is 12.3. The van der Waals surface area contributed by atoms with E-state index in [1.165, 1.54) is 6.07 Å². The third-order valence-corrected chi connectivity index (χ3v) is 6.66. The van der Waals surface area contributed by atoms with E-state index in [2.05, 4.69) is 21.6 Å². The lowest BCUT2D eigenvalue weighted by Gasteiger charge is -2.37. The summed E-state index contributed by atoms with van der Waals surface area (Å²) in [5.41, 5.74) is 1.87. The molecular weight excluding hydrogens is 472 g/mol. The first-order valence-electron chi connectivity index (χ1n) is 11.5. The summed E-state index contributed by atoms with van der Waals surface area (Å²) in [7, 11) is 6.12. The minimum Gasteiger partial charge on any atom is -0.309 e. The summed E-state index contributed by atoms with van der Waals surface area (Å²) in [5.74, 6) is 5.95. The van der Waals surface area contributed by atoms with Crippen molar-refractivity contribution in [3.8, 4) is 11.8 Å². The smallest absolute Gasteiger partial charge is 0.229 e. The number of hydrogen-bond acceptors (Lipinski definition) is 3. The number of amides is 1. The van der Waals surface area contributed by atoms with Gasteiger partial charge < -0.3 is 9.80 Å². The number of nitrogens with zero attached hydrogens (tertiary/aromatic N) is 3. The van der Waals surface area contributed by atoms with E-state index in [9.17, 15) is 9.18 Å². The second-order valence-electron chi connectivity index (χ2n) is 9.38. The molecule has 4 nitrogen and oxygen atoms in total. The van der Waals surface area contributed by atoms with Crippen LogP contribution in [0.15, 0.2) is 36.4 Å². The molecule has 182 valence electrons. The van der Waals surface area contributed by atoms with Gasteiger partial charge in [-0.2, -0.15) is 0 Å². The molecule has 0 radical (unpaired) electrons. The molecule has 1 fully saturated rings. The van der Waals surface area contributed by atoms with Crippen molar-refractivity contribution in [1.82, 2.24) is 9.80 Å². The van der Waals surface area contributed by atoms with Crippen molar-refractivity contribution in [3.63, 3.8) is 0 Å². The highest BCUT2D eigenvalue weighted by Gasteiger charge is 2.34. The lowest BCUT2D eigenvalue weighted by atomic mass is 9.85. The van der Waals surface area contributed by atoms with Crippen molar-refractivity contribution in [2.45, 2.75) is 19.8 Å². The second kappa shape index (κ2) is 12.0. The Morgan fingerprint density at radius 3 is 2.44 bits per heavy atom. The Labute approximate surface area is 212 Å². The number of anilines is 1. The molecule has 34 heavy (non-hydrogen) atoms. The van der Waals surface area contributed by atoms with E-state index in [4.69, 9.17) is 23.2 Å². The molecule has 1 heterocycles. The summed E-state index contributed by atoms with van der Waals surface area (Å²) < 4.78 is 14.2. The third-order valence-electron chi connectivity index (χ3n) is 6.08. The molecule has 0 N–H and O–H groups in total. The molecule has 0 aromatic heterocycles. The van der Waals surface area contributed by atoms with Gasteiger partial charge in [0.25, 0.3) is 0 Å². The number of likely N-dealkylation sites (N-methyl/N-ethyl adjacent to an activating group) is 2. The first kappa shape index (κ1) is 26.5. The molecule has 2 aromatic rings. The average Bonchev–Trinajstić information content (AvgIpc) is 2.76. The minimum absolute atomic E-state index is 0.0186. The fraction of sp³-hybridized carbons (Fsp3) is 0.444. The van der Waals surface area contributed by atoms with Gasteiger partial charge in [0, 0.05) is 31.1 Å². The predicted molar refractivity (Wildman–Crippen MR) is 139 cm³/mol. The highest BCUT2D eigenvalue weighted by atomic mass is 35.5. The second-order valence-corrected chi connectivity index (χ2v) is 10.2. The van der Waals surface area contributed by atoms with Crippen molar-refractivity contribution in [3.05, 3.63) is 63.4 Å². The van der Waals surface area contributed by atoms with Crippen LogP contribution >= 0.6 is 23.2 Å². The summed E-state index contributed by atoms with van der Waals surface area (Å²) in [4.78, 5) is 19.0. The monoisotopic (exact) mass is 503 g/mol. The molecule has 0 spiro atoms. The van der Waals surface area contributed by atoms with Gasteiger partial charge in [0.05, 0.1) is 22.3 Å². The Kier molecular flexibility index (Phi) is 9.39. The van der Waals surface area contributed by atoms with Crippen LogP contribution in [0.2, 0.25) is 10.0 Å². The molecule has 2 atom stereocenters. The Morgan fingerprint density at radius 2 is 1.79 bits per heavy atom. The van der Waals surface area contributed by atoms with Crippen molar-refractivity contribution in [2.75, 3.05) is 52.2 Å². The number of piperidine rings is 1. The fourth-order valence-corrected chi connectivity index (χ4v) is 4.93. The fourth-order valence-electron chi connectivity index (χ4n) is 4.24. The maximum Gasteiger partial charge on any atom is 0.229 e. The van der Waals surface area contributed by atoms with Crippen LogP contribution in [0, 0.1) is 29.5 Å². The zero-order valence-electron chi connectivity index (χ0n) is 20.2. The molecule has 1 aliphatic rings. The number of halogens is 3. The number of carbonyl (C=O) groups excluding carboxylic acids is 1. The first-order chi connectivity index (χ1) is 16.2. The van der Waals surface area contributed by atoms with Gasteiger partial charge in [-0.3, -0.25) is 9.69 Å². The number of hydrogen-bond donors (Lipinski definition) is 0. The summed E-state index contributed by atoms with van der Waals surface area (Å²) in [6.45, 7) is 4.86. The van der Waals surface area contributed by atoms with Crippen molar-refractivity contribution in [1.29, 1.82) is 0 Å². The lowest BCUT2D eigenvalue weighted by molar-refractivity contribution is -0.124. The molecule has 0 saturated carbocycles. The van der Waals surface area contributed by atoms with Crippen LogP contribution in [0.25, 0.3) is 0 Å². The highest BCUT2D eigenvalue weighted by molar-refractivity contribution is 6.40. The van der Waals surface area contributed by atoms with Gasteiger partial charge in [0.15, 0.2) is 0 Å². The summed E-state index contributed by atoms with van der Waals surface area (Å²) in [5, 5.41) is 0.787.